The molecule has 0 fully saturated rings. The van der Waals surface area contributed by atoms with Crippen LogP contribution in [0.5, 0.6) is 0 Å². The number of hydrogen-bond donors (Lipinski definition) is 1. The molecular formula is C27H25N3O3. The summed E-state index contributed by atoms with van der Waals surface area (Å²) in [5.74, 6) is -0.659. The lowest BCUT2D eigenvalue weighted by molar-refractivity contribution is 0.0526. The maximum absolute atomic E-state index is 13.2. The summed E-state index contributed by atoms with van der Waals surface area (Å²) >= 11 is 0. The van der Waals surface area contributed by atoms with Gasteiger partial charge in [-0.25, -0.2) is 4.79 Å². The first-order chi connectivity index (χ1) is 16.0. The van der Waals surface area contributed by atoms with Crippen LogP contribution < -0.4 is 5.32 Å². The largest absolute Gasteiger partial charge is 0.462 e. The molecule has 4 rings (SSSR count). The van der Waals surface area contributed by atoms with Crippen molar-refractivity contribution < 1.29 is 14.3 Å². The number of aromatic nitrogens is 2. The minimum absolute atomic E-state index is 0.270. The smallest absolute Gasteiger partial charge is 0.338 e. The summed E-state index contributed by atoms with van der Waals surface area (Å²) in [4.78, 5) is 25.1. The van der Waals surface area contributed by atoms with Gasteiger partial charge in [-0.3, -0.25) is 9.48 Å². The molecule has 0 aliphatic heterocycles. The van der Waals surface area contributed by atoms with Crippen molar-refractivity contribution in [3.8, 4) is 11.3 Å². The van der Waals surface area contributed by atoms with Gasteiger partial charge in [-0.2, -0.15) is 5.10 Å². The van der Waals surface area contributed by atoms with E-state index < -0.39 is 0 Å². The van der Waals surface area contributed by atoms with E-state index in [0.29, 0.717) is 35.7 Å². The van der Waals surface area contributed by atoms with Gasteiger partial charge in [-0.15, -0.1) is 0 Å². The standard InChI is InChI=1S/C27H25N3O3/c1-3-33-27(32)22-13-15-23(16-14-22)28-26(31)24-18-30(17-20-7-5-4-6-8-20)29-25(24)21-11-9-19(2)10-12-21/h4-16,18H,3,17H2,1-2H3,(H,28,31). The molecule has 0 aliphatic rings. The van der Waals surface area contributed by atoms with E-state index in [1.54, 1.807) is 42.1 Å². The van der Waals surface area contributed by atoms with E-state index in [0.717, 1.165) is 16.7 Å². The second-order valence-corrected chi connectivity index (χ2v) is 7.69. The van der Waals surface area contributed by atoms with E-state index in [4.69, 9.17) is 9.84 Å². The Morgan fingerprint density at radius 3 is 2.30 bits per heavy atom. The second-order valence-electron chi connectivity index (χ2n) is 7.69. The van der Waals surface area contributed by atoms with Gasteiger partial charge in [0.1, 0.15) is 5.69 Å². The van der Waals surface area contributed by atoms with Gasteiger partial charge in [-0.1, -0.05) is 60.2 Å². The highest BCUT2D eigenvalue weighted by Crippen LogP contribution is 2.24. The van der Waals surface area contributed by atoms with Crippen LogP contribution in [0.4, 0.5) is 5.69 Å². The molecule has 0 bridgehead atoms. The summed E-state index contributed by atoms with van der Waals surface area (Å²) in [6.45, 7) is 4.65. The fourth-order valence-electron chi connectivity index (χ4n) is 3.47. The van der Waals surface area contributed by atoms with Crippen molar-refractivity contribution in [3.63, 3.8) is 0 Å². The molecule has 0 unspecified atom stereocenters. The molecule has 1 amide bonds. The van der Waals surface area contributed by atoms with Gasteiger partial charge in [-0.05, 0) is 43.7 Å². The summed E-state index contributed by atoms with van der Waals surface area (Å²) in [5.41, 5.74) is 5.21. The molecule has 166 valence electrons. The average Bonchev–Trinajstić information content (AvgIpc) is 3.25. The van der Waals surface area contributed by atoms with Crippen molar-refractivity contribution in [1.82, 2.24) is 9.78 Å². The van der Waals surface area contributed by atoms with Crippen molar-refractivity contribution >= 4 is 17.6 Å². The summed E-state index contributed by atoms with van der Waals surface area (Å²) in [6.07, 6.45) is 1.77. The summed E-state index contributed by atoms with van der Waals surface area (Å²) < 4.78 is 6.79. The fraction of sp³-hybridized carbons (Fsp3) is 0.148. The molecule has 1 heterocycles. The number of carbonyl (C=O) groups excluding carboxylic acids is 2. The third-order valence-corrected chi connectivity index (χ3v) is 5.17. The zero-order chi connectivity index (χ0) is 23.2. The Labute approximate surface area is 192 Å². The summed E-state index contributed by atoms with van der Waals surface area (Å²) in [5, 5.41) is 7.63. The second kappa shape index (κ2) is 9.96. The topological polar surface area (TPSA) is 73.2 Å². The highest BCUT2D eigenvalue weighted by molar-refractivity contribution is 6.08. The molecule has 0 saturated carbocycles. The van der Waals surface area contributed by atoms with Crippen LogP contribution in [0.1, 0.15) is 38.8 Å². The quantitative estimate of drug-likeness (QED) is 0.395. The molecule has 1 aromatic heterocycles. The maximum atomic E-state index is 13.2. The molecular weight excluding hydrogens is 414 g/mol. The monoisotopic (exact) mass is 439 g/mol. The SMILES string of the molecule is CCOC(=O)c1ccc(NC(=O)c2cn(Cc3ccccc3)nc2-c2ccc(C)cc2)cc1. The maximum Gasteiger partial charge on any atom is 0.338 e. The van der Waals surface area contributed by atoms with E-state index >= 15 is 0 Å². The molecule has 3 aromatic carbocycles. The van der Waals surface area contributed by atoms with Crippen LogP contribution in [0.25, 0.3) is 11.3 Å². The number of nitrogens with one attached hydrogen (secondary N) is 1. The highest BCUT2D eigenvalue weighted by Gasteiger charge is 2.19. The van der Waals surface area contributed by atoms with Crippen molar-refractivity contribution in [2.24, 2.45) is 0 Å². The number of benzene rings is 3. The van der Waals surface area contributed by atoms with E-state index in [2.05, 4.69) is 5.32 Å². The number of ether oxygens (including phenoxy) is 1. The van der Waals surface area contributed by atoms with Gasteiger partial charge in [0.2, 0.25) is 0 Å². The Morgan fingerprint density at radius 1 is 0.939 bits per heavy atom. The number of amides is 1. The first kappa shape index (κ1) is 22.0. The number of anilines is 1. The van der Waals surface area contributed by atoms with Crippen molar-refractivity contribution in [2.75, 3.05) is 11.9 Å². The molecule has 1 N–H and O–H groups in total. The molecule has 0 radical (unpaired) electrons. The van der Waals surface area contributed by atoms with Crippen LogP contribution in [0.3, 0.4) is 0 Å². The first-order valence-corrected chi connectivity index (χ1v) is 10.8. The van der Waals surface area contributed by atoms with E-state index in [9.17, 15) is 9.59 Å². The molecule has 0 spiro atoms. The lowest BCUT2D eigenvalue weighted by Crippen LogP contribution is -2.12. The van der Waals surface area contributed by atoms with Gasteiger partial charge < -0.3 is 10.1 Å². The van der Waals surface area contributed by atoms with Gasteiger partial charge in [0.05, 0.1) is 24.3 Å². The lowest BCUT2D eigenvalue weighted by Gasteiger charge is -2.07. The van der Waals surface area contributed by atoms with Crippen molar-refractivity contribution in [3.05, 3.63) is 107 Å². The van der Waals surface area contributed by atoms with Crippen LogP contribution in [0.2, 0.25) is 0 Å². The summed E-state index contributed by atoms with van der Waals surface area (Å²) in [6, 6.07) is 24.6. The Morgan fingerprint density at radius 2 is 1.64 bits per heavy atom. The fourth-order valence-corrected chi connectivity index (χ4v) is 3.47. The van der Waals surface area contributed by atoms with Crippen molar-refractivity contribution in [1.29, 1.82) is 0 Å². The predicted molar refractivity (Wildman–Crippen MR) is 128 cm³/mol. The minimum atomic E-state index is -0.390. The van der Waals surface area contributed by atoms with Gasteiger partial charge in [0.25, 0.3) is 5.91 Å². The van der Waals surface area contributed by atoms with Crippen LogP contribution >= 0.6 is 0 Å². The minimum Gasteiger partial charge on any atom is -0.462 e. The lowest BCUT2D eigenvalue weighted by atomic mass is 10.1. The third kappa shape index (κ3) is 5.36. The number of carbonyl (C=O) groups is 2. The van der Waals surface area contributed by atoms with Crippen LogP contribution in [-0.2, 0) is 11.3 Å². The number of aryl methyl sites for hydroxylation is 1. The normalized spacial score (nSPS) is 10.6. The van der Waals surface area contributed by atoms with Crippen molar-refractivity contribution in [2.45, 2.75) is 20.4 Å². The summed E-state index contributed by atoms with van der Waals surface area (Å²) in [7, 11) is 0. The molecule has 4 aromatic rings. The number of hydrogen-bond acceptors (Lipinski definition) is 4. The molecule has 0 aliphatic carbocycles. The van der Waals surface area contributed by atoms with E-state index in [1.807, 2.05) is 61.5 Å². The van der Waals surface area contributed by atoms with Gasteiger partial charge >= 0.3 is 5.97 Å². The van der Waals surface area contributed by atoms with Gasteiger partial charge in [0.15, 0.2) is 0 Å². The predicted octanol–water partition coefficient (Wildman–Crippen LogP) is 5.34. The molecule has 0 atom stereocenters. The number of esters is 1. The first-order valence-electron chi connectivity index (χ1n) is 10.8. The molecule has 33 heavy (non-hydrogen) atoms. The third-order valence-electron chi connectivity index (χ3n) is 5.17. The molecule has 6 nitrogen and oxygen atoms in total. The molecule has 0 saturated heterocycles. The van der Waals surface area contributed by atoms with Gasteiger partial charge in [0, 0.05) is 17.4 Å². The van der Waals surface area contributed by atoms with E-state index in [-0.39, 0.29) is 11.9 Å². The van der Waals surface area contributed by atoms with Crippen LogP contribution in [0.15, 0.2) is 85.1 Å². The van der Waals surface area contributed by atoms with Crippen LogP contribution in [0, 0.1) is 6.92 Å². The zero-order valence-corrected chi connectivity index (χ0v) is 18.6. The Kier molecular flexibility index (Phi) is 6.64. The average molecular weight is 440 g/mol. The zero-order valence-electron chi connectivity index (χ0n) is 18.6. The highest BCUT2D eigenvalue weighted by atomic mass is 16.5. The van der Waals surface area contributed by atoms with Crippen LogP contribution in [-0.4, -0.2) is 28.3 Å². The molecule has 6 heteroatoms. The number of nitrogens with zero attached hydrogens (tertiary/aromatic N) is 2. The number of rotatable bonds is 7. The Balaban J connectivity index is 1.61. The Hall–Kier alpha value is -4.19. The Bertz CT molecular complexity index is 1240. The van der Waals surface area contributed by atoms with E-state index in [1.165, 1.54) is 0 Å².